The number of aryl methyl sites for hydroxylation is 2. The van der Waals surface area contributed by atoms with E-state index in [0.717, 1.165) is 33.7 Å². The Labute approximate surface area is 116 Å². The molecule has 0 spiro atoms. The van der Waals surface area contributed by atoms with Gasteiger partial charge in [0.05, 0.1) is 11.7 Å². The maximum Gasteiger partial charge on any atom is 0.262 e. The van der Waals surface area contributed by atoms with E-state index in [2.05, 4.69) is 16.9 Å². The van der Waals surface area contributed by atoms with Gasteiger partial charge in [-0.15, -0.1) is 17.9 Å². The average Bonchev–Trinajstić information content (AvgIpc) is 2.66. The second kappa shape index (κ2) is 5.67. The second-order valence-electron chi connectivity index (χ2n) is 4.72. The molecule has 0 saturated heterocycles. The van der Waals surface area contributed by atoms with Crippen molar-refractivity contribution in [3.8, 4) is 0 Å². The van der Waals surface area contributed by atoms with Crippen LogP contribution in [-0.4, -0.2) is 22.6 Å². The van der Waals surface area contributed by atoms with E-state index in [1.54, 1.807) is 22.2 Å². The molecule has 4 nitrogen and oxygen atoms in total. The number of nitrogens with one attached hydrogen (secondary N) is 1. The SMILES string of the molecule is C=CCNCC(C)n1cnc2sc(C)c(C)c2c1=O. The average molecular weight is 277 g/mol. The highest BCUT2D eigenvalue weighted by Crippen LogP contribution is 2.25. The van der Waals surface area contributed by atoms with Gasteiger partial charge in [0.1, 0.15) is 4.83 Å². The van der Waals surface area contributed by atoms with Crippen molar-refractivity contribution in [2.45, 2.75) is 26.8 Å². The van der Waals surface area contributed by atoms with E-state index in [9.17, 15) is 4.79 Å². The van der Waals surface area contributed by atoms with Crippen LogP contribution in [0.3, 0.4) is 0 Å². The van der Waals surface area contributed by atoms with Crippen LogP contribution in [0.2, 0.25) is 0 Å². The molecule has 0 saturated carbocycles. The molecule has 0 aromatic carbocycles. The van der Waals surface area contributed by atoms with E-state index in [-0.39, 0.29) is 11.6 Å². The van der Waals surface area contributed by atoms with Crippen molar-refractivity contribution < 1.29 is 0 Å². The fourth-order valence-corrected chi connectivity index (χ4v) is 3.04. The van der Waals surface area contributed by atoms with Gasteiger partial charge in [0.2, 0.25) is 0 Å². The van der Waals surface area contributed by atoms with Crippen molar-refractivity contribution in [3.63, 3.8) is 0 Å². The van der Waals surface area contributed by atoms with Gasteiger partial charge < -0.3 is 5.32 Å². The van der Waals surface area contributed by atoms with Gasteiger partial charge in [-0.1, -0.05) is 6.08 Å². The van der Waals surface area contributed by atoms with Crippen LogP contribution in [0.1, 0.15) is 23.4 Å². The van der Waals surface area contributed by atoms with E-state index in [4.69, 9.17) is 0 Å². The summed E-state index contributed by atoms with van der Waals surface area (Å²) in [5, 5.41) is 3.99. The Morgan fingerprint density at radius 2 is 2.32 bits per heavy atom. The predicted molar refractivity (Wildman–Crippen MR) is 81.1 cm³/mol. The summed E-state index contributed by atoms with van der Waals surface area (Å²) >= 11 is 1.58. The van der Waals surface area contributed by atoms with Gasteiger partial charge in [-0.3, -0.25) is 9.36 Å². The van der Waals surface area contributed by atoms with Crippen LogP contribution in [0, 0.1) is 13.8 Å². The molecule has 2 heterocycles. The largest absolute Gasteiger partial charge is 0.311 e. The summed E-state index contributed by atoms with van der Waals surface area (Å²) in [5.41, 5.74) is 1.11. The Balaban J connectivity index is 2.39. The molecule has 2 rings (SSSR count). The zero-order chi connectivity index (χ0) is 14.0. The number of fused-ring (bicyclic) bond motifs is 1. The molecular weight excluding hydrogens is 258 g/mol. The van der Waals surface area contributed by atoms with Crippen LogP contribution in [0.15, 0.2) is 23.8 Å². The number of nitrogens with zero attached hydrogens (tertiary/aromatic N) is 2. The molecule has 0 amide bonds. The van der Waals surface area contributed by atoms with Crippen molar-refractivity contribution in [1.29, 1.82) is 0 Å². The number of thiophene rings is 1. The van der Waals surface area contributed by atoms with Gasteiger partial charge in [-0.05, 0) is 26.3 Å². The van der Waals surface area contributed by atoms with Gasteiger partial charge in [0, 0.05) is 24.0 Å². The summed E-state index contributed by atoms with van der Waals surface area (Å²) in [4.78, 5) is 18.9. The normalized spacial score (nSPS) is 12.8. The van der Waals surface area contributed by atoms with Crippen LogP contribution in [0.25, 0.3) is 10.2 Å². The third-order valence-electron chi connectivity index (χ3n) is 3.32. The first kappa shape index (κ1) is 14.0. The fourth-order valence-electron chi connectivity index (χ4n) is 2.05. The third kappa shape index (κ3) is 2.62. The topological polar surface area (TPSA) is 46.9 Å². The number of rotatable bonds is 5. The van der Waals surface area contributed by atoms with Crippen molar-refractivity contribution in [3.05, 3.63) is 39.8 Å². The Hall–Kier alpha value is -1.46. The smallest absolute Gasteiger partial charge is 0.262 e. The molecule has 2 aromatic heterocycles. The summed E-state index contributed by atoms with van der Waals surface area (Å²) in [5.74, 6) is 0. The Kier molecular flexibility index (Phi) is 4.17. The minimum absolute atomic E-state index is 0.0553. The van der Waals surface area contributed by atoms with E-state index < -0.39 is 0 Å². The van der Waals surface area contributed by atoms with Gasteiger partial charge in [0.15, 0.2) is 0 Å². The first-order valence-electron chi connectivity index (χ1n) is 6.34. The summed E-state index contributed by atoms with van der Waals surface area (Å²) < 4.78 is 1.71. The maximum atomic E-state index is 12.5. The summed E-state index contributed by atoms with van der Waals surface area (Å²) in [6.07, 6.45) is 3.46. The lowest BCUT2D eigenvalue weighted by molar-refractivity contribution is 0.492. The highest BCUT2D eigenvalue weighted by molar-refractivity contribution is 7.18. The number of hydrogen-bond acceptors (Lipinski definition) is 4. The molecule has 1 N–H and O–H groups in total. The van der Waals surface area contributed by atoms with Crippen LogP contribution >= 0.6 is 11.3 Å². The molecule has 0 aliphatic carbocycles. The Morgan fingerprint density at radius 1 is 1.58 bits per heavy atom. The fraction of sp³-hybridized carbons (Fsp3) is 0.429. The van der Waals surface area contributed by atoms with Crippen LogP contribution in [0.5, 0.6) is 0 Å². The van der Waals surface area contributed by atoms with E-state index in [1.165, 1.54) is 0 Å². The lowest BCUT2D eigenvalue weighted by atomic mass is 10.2. The van der Waals surface area contributed by atoms with Gasteiger partial charge in [-0.25, -0.2) is 4.98 Å². The Bertz CT molecular complexity index is 656. The Morgan fingerprint density at radius 3 is 3.00 bits per heavy atom. The van der Waals surface area contributed by atoms with Gasteiger partial charge >= 0.3 is 0 Å². The van der Waals surface area contributed by atoms with E-state index >= 15 is 0 Å². The first-order chi connectivity index (χ1) is 9.06. The molecule has 19 heavy (non-hydrogen) atoms. The molecule has 0 fully saturated rings. The summed E-state index contributed by atoms with van der Waals surface area (Å²) in [7, 11) is 0. The number of aromatic nitrogens is 2. The maximum absolute atomic E-state index is 12.5. The second-order valence-corrected chi connectivity index (χ2v) is 5.92. The van der Waals surface area contributed by atoms with E-state index in [1.807, 2.05) is 26.8 Å². The molecule has 102 valence electrons. The zero-order valence-corrected chi connectivity index (χ0v) is 12.4. The lowest BCUT2D eigenvalue weighted by Crippen LogP contribution is -2.30. The number of hydrogen-bond donors (Lipinski definition) is 1. The minimum Gasteiger partial charge on any atom is -0.311 e. The minimum atomic E-state index is 0.0553. The highest BCUT2D eigenvalue weighted by Gasteiger charge is 2.14. The molecule has 0 radical (unpaired) electrons. The summed E-state index contributed by atoms with van der Waals surface area (Å²) in [6, 6.07) is 0.0731. The van der Waals surface area contributed by atoms with Crippen molar-refractivity contribution in [1.82, 2.24) is 14.9 Å². The van der Waals surface area contributed by atoms with Gasteiger partial charge in [0.25, 0.3) is 5.56 Å². The monoisotopic (exact) mass is 277 g/mol. The molecule has 0 aliphatic heterocycles. The highest BCUT2D eigenvalue weighted by atomic mass is 32.1. The quantitative estimate of drug-likeness (QED) is 0.674. The van der Waals surface area contributed by atoms with Crippen molar-refractivity contribution in [2.24, 2.45) is 0 Å². The molecule has 0 aliphatic rings. The van der Waals surface area contributed by atoms with E-state index in [0.29, 0.717) is 0 Å². The van der Waals surface area contributed by atoms with Crippen molar-refractivity contribution in [2.75, 3.05) is 13.1 Å². The first-order valence-corrected chi connectivity index (χ1v) is 7.16. The molecule has 0 bridgehead atoms. The zero-order valence-electron chi connectivity index (χ0n) is 11.6. The predicted octanol–water partition coefficient (Wildman–Crippen LogP) is 2.41. The molecular formula is C14H19N3OS. The molecule has 5 heteroatoms. The van der Waals surface area contributed by atoms with Crippen LogP contribution in [-0.2, 0) is 0 Å². The summed E-state index contributed by atoms with van der Waals surface area (Å²) in [6.45, 7) is 11.2. The lowest BCUT2D eigenvalue weighted by Gasteiger charge is -2.14. The van der Waals surface area contributed by atoms with Crippen molar-refractivity contribution >= 4 is 21.6 Å². The molecule has 1 unspecified atom stereocenters. The standard InChI is InChI=1S/C14H19N3OS/c1-5-6-15-7-9(2)17-8-16-13-12(14(17)18)10(3)11(4)19-13/h5,8-9,15H,1,6-7H2,2-4H3. The van der Waals surface area contributed by atoms with Crippen LogP contribution in [0.4, 0.5) is 0 Å². The van der Waals surface area contributed by atoms with Crippen LogP contribution < -0.4 is 10.9 Å². The molecule has 2 aromatic rings. The molecule has 1 atom stereocenters. The third-order valence-corrected chi connectivity index (χ3v) is 4.43. The van der Waals surface area contributed by atoms with Gasteiger partial charge in [-0.2, -0.15) is 0 Å².